The van der Waals surface area contributed by atoms with Crippen LogP contribution in [0.25, 0.3) is 0 Å². The number of primary amides is 1. The van der Waals surface area contributed by atoms with Crippen LogP contribution < -0.4 is 21.3 Å². The Labute approximate surface area is 256 Å². The Kier molecular flexibility index (Phi) is 9.43. The third-order valence-corrected chi connectivity index (χ3v) is 8.95. The van der Waals surface area contributed by atoms with E-state index in [1.54, 1.807) is 39.2 Å². The van der Waals surface area contributed by atoms with Gasteiger partial charge in [-0.1, -0.05) is 26.2 Å². The van der Waals surface area contributed by atoms with Crippen molar-refractivity contribution in [2.45, 2.75) is 57.1 Å². The molecule has 4 atom stereocenters. The highest BCUT2D eigenvalue weighted by Gasteiger charge is 2.63. The lowest BCUT2D eigenvalue weighted by molar-refractivity contribution is -0.148. The van der Waals surface area contributed by atoms with Crippen LogP contribution in [-0.4, -0.2) is 102 Å². The summed E-state index contributed by atoms with van der Waals surface area (Å²) in [5, 5.41) is 51.2. The van der Waals surface area contributed by atoms with Gasteiger partial charge in [0, 0.05) is 31.3 Å². The summed E-state index contributed by atoms with van der Waals surface area (Å²) in [4.78, 5) is 55.7. The number of likely N-dealkylation sites (N-methyl/N-ethyl adjacent to an activating group) is 1. The van der Waals surface area contributed by atoms with E-state index in [-0.39, 0.29) is 36.2 Å². The molecule has 13 heteroatoms. The van der Waals surface area contributed by atoms with Crippen LogP contribution in [0.5, 0.6) is 5.75 Å². The molecule has 4 rings (SSSR count). The zero-order chi connectivity index (χ0) is 32.7. The van der Waals surface area contributed by atoms with E-state index in [4.69, 9.17) is 5.73 Å². The van der Waals surface area contributed by atoms with Crippen molar-refractivity contribution in [2.24, 2.45) is 17.6 Å². The normalized spacial score (nSPS) is 24.7. The van der Waals surface area contributed by atoms with Crippen molar-refractivity contribution in [3.05, 3.63) is 39.9 Å². The molecule has 0 heterocycles. The Hall–Kier alpha value is -3.94. The number of unbranched alkanes of at least 4 members (excludes halogenated alkanes) is 3. The standard InChI is InChI=1S/C31H43N5O8/c1-6-7-8-9-10-33-14-20(37)34-18-13-19(35(2)3)16-11-15-12-17-24(36(4)5)27(40)23(30(32)43)29(42)31(17,44)28(41)21(15)26(39)22(16)25(18)38/h13,15,17,24,33,38,40-41,44H,6-12,14H2,1-5H3,(H2,32,43)(H,34,37)/t15?,17?,24-,31-/m0/s1. The number of Topliss-reactive ketones (excluding diaryl/α,β-unsaturated/α-hetero) is 2. The van der Waals surface area contributed by atoms with Gasteiger partial charge in [0.25, 0.3) is 5.91 Å². The molecule has 44 heavy (non-hydrogen) atoms. The summed E-state index contributed by atoms with van der Waals surface area (Å²) in [6.07, 6.45) is 4.31. The number of aromatic hydroxyl groups is 1. The first kappa shape index (κ1) is 33.0. The second-order valence-corrected chi connectivity index (χ2v) is 12.3. The van der Waals surface area contributed by atoms with Gasteiger partial charge in [-0.05, 0) is 57.5 Å². The van der Waals surface area contributed by atoms with Gasteiger partial charge < -0.3 is 41.7 Å². The number of hydrogen-bond acceptors (Lipinski definition) is 11. The molecule has 1 aromatic rings. The number of nitrogens with one attached hydrogen (secondary N) is 2. The monoisotopic (exact) mass is 613 g/mol. The van der Waals surface area contributed by atoms with Gasteiger partial charge in [-0.15, -0.1) is 0 Å². The first-order valence-electron chi connectivity index (χ1n) is 14.9. The molecule has 0 aromatic heterocycles. The highest BCUT2D eigenvalue weighted by atomic mass is 16.3. The average Bonchev–Trinajstić information content (AvgIpc) is 2.93. The number of hydrogen-bond donors (Lipinski definition) is 7. The lowest BCUT2D eigenvalue weighted by Gasteiger charge is -2.50. The van der Waals surface area contributed by atoms with Crippen LogP contribution in [0.1, 0.15) is 54.9 Å². The number of rotatable bonds is 11. The van der Waals surface area contributed by atoms with E-state index in [0.29, 0.717) is 17.8 Å². The smallest absolute Gasteiger partial charge is 0.255 e. The number of aliphatic hydroxyl groups is 3. The maximum Gasteiger partial charge on any atom is 0.255 e. The number of phenols is 1. The lowest BCUT2D eigenvalue weighted by Crippen LogP contribution is -2.63. The second kappa shape index (κ2) is 12.6. The molecular formula is C31H43N5O8. The predicted molar refractivity (Wildman–Crippen MR) is 164 cm³/mol. The van der Waals surface area contributed by atoms with Gasteiger partial charge >= 0.3 is 0 Å². The van der Waals surface area contributed by atoms with E-state index in [9.17, 15) is 39.6 Å². The molecule has 3 aliphatic rings. The highest BCUT2D eigenvalue weighted by Crippen LogP contribution is 2.53. The molecule has 0 saturated carbocycles. The predicted octanol–water partition coefficient (Wildman–Crippen LogP) is 1.30. The summed E-state index contributed by atoms with van der Waals surface area (Å²) in [5.74, 6) is -7.70. The number of phenolic OH excluding ortho intramolecular Hbond substituents is 1. The second-order valence-electron chi connectivity index (χ2n) is 12.3. The number of aliphatic hydroxyl groups excluding tert-OH is 2. The van der Waals surface area contributed by atoms with Crippen molar-refractivity contribution < 1.29 is 39.6 Å². The number of ketones is 2. The maximum absolute atomic E-state index is 14.1. The number of carbonyl (C=O) groups excluding carboxylic acids is 4. The average molecular weight is 614 g/mol. The number of amides is 2. The molecule has 8 N–H and O–H groups in total. The molecule has 0 bridgehead atoms. The summed E-state index contributed by atoms with van der Waals surface area (Å²) in [7, 11) is 6.65. The number of nitrogens with zero attached hydrogens (tertiary/aromatic N) is 2. The minimum absolute atomic E-state index is 0.00481. The third-order valence-electron chi connectivity index (χ3n) is 8.95. The van der Waals surface area contributed by atoms with Crippen molar-refractivity contribution in [1.82, 2.24) is 10.2 Å². The van der Waals surface area contributed by atoms with Gasteiger partial charge in [0.2, 0.25) is 11.7 Å². The number of allylic oxidation sites excluding steroid dienone is 1. The Balaban J connectivity index is 1.76. The van der Waals surface area contributed by atoms with Crippen LogP contribution in [-0.2, 0) is 20.8 Å². The van der Waals surface area contributed by atoms with Gasteiger partial charge in [-0.25, -0.2) is 0 Å². The van der Waals surface area contributed by atoms with Crippen molar-refractivity contribution in [3.63, 3.8) is 0 Å². The van der Waals surface area contributed by atoms with Crippen LogP contribution >= 0.6 is 0 Å². The molecule has 240 valence electrons. The van der Waals surface area contributed by atoms with E-state index in [1.165, 1.54) is 4.90 Å². The Bertz CT molecular complexity index is 1450. The first-order valence-corrected chi connectivity index (χ1v) is 14.9. The van der Waals surface area contributed by atoms with Gasteiger partial charge in [-0.2, -0.15) is 0 Å². The zero-order valence-corrected chi connectivity index (χ0v) is 25.9. The number of nitrogens with two attached hydrogens (primary N) is 1. The fraction of sp³-hybridized carbons (Fsp3) is 0.548. The van der Waals surface area contributed by atoms with E-state index in [0.717, 1.165) is 25.7 Å². The third kappa shape index (κ3) is 5.44. The zero-order valence-electron chi connectivity index (χ0n) is 25.9. The van der Waals surface area contributed by atoms with Crippen LogP contribution in [0.3, 0.4) is 0 Å². The SMILES string of the molecule is CCCCCCNCC(=O)Nc1cc(N(C)C)c2c(c1O)C(=O)C1=C(O)[C@]3(O)C(=O)C(C(N)=O)=C(O)[C@@H](N(C)C)C3CC1C2. The Morgan fingerprint density at radius 3 is 2.36 bits per heavy atom. The molecule has 1 aromatic carbocycles. The van der Waals surface area contributed by atoms with Crippen LogP contribution in [0, 0.1) is 11.8 Å². The molecule has 0 aliphatic heterocycles. The van der Waals surface area contributed by atoms with Crippen LogP contribution in [0.15, 0.2) is 28.7 Å². The highest BCUT2D eigenvalue weighted by molar-refractivity contribution is 6.25. The molecule has 2 unspecified atom stereocenters. The van der Waals surface area contributed by atoms with Gasteiger partial charge in [-0.3, -0.25) is 24.1 Å². The van der Waals surface area contributed by atoms with Crippen molar-refractivity contribution in [1.29, 1.82) is 0 Å². The fourth-order valence-electron chi connectivity index (χ4n) is 6.87. The topological polar surface area (TPSA) is 206 Å². The van der Waals surface area contributed by atoms with E-state index < -0.39 is 69.7 Å². The maximum atomic E-state index is 14.1. The van der Waals surface area contributed by atoms with Crippen molar-refractivity contribution in [3.8, 4) is 5.75 Å². The molecule has 3 aliphatic carbocycles. The van der Waals surface area contributed by atoms with Gasteiger partial charge in [0.15, 0.2) is 17.1 Å². The summed E-state index contributed by atoms with van der Waals surface area (Å²) in [6.45, 7) is 2.76. The quantitative estimate of drug-likeness (QED) is 0.108. The fourth-order valence-corrected chi connectivity index (χ4v) is 6.87. The minimum atomic E-state index is -2.72. The van der Waals surface area contributed by atoms with Crippen molar-refractivity contribution >= 4 is 34.8 Å². The first-order chi connectivity index (χ1) is 20.7. The molecule has 0 radical (unpaired) electrons. The largest absolute Gasteiger partial charge is 0.510 e. The molecular weight excluding hydrogens is 570 g/mol. The minimum Gasteiger partial charge on any atom is -0.510 e. The number of anilines is 2. The summed E-state index contributed by atoms with van der Waals surface area (Å²) in [5.41, 5.74) is 2.39. The van der Waals surface area contributed by atoms with E-state index in [1.807, 2.05) is 0 Å². The van der Waals surface area contributed by atoms with Crippen LogP contribution in [0.2, 0.25) is 0 Å². The Morgan fingerprint density at radius 2 is 1.77 bits per heavy atom. The molecule has 0 fully saturated rings. The molecule has 0 spiro atoms. The molecule has 0 saturated heterocycles. The van der Waals surface area contributed by atoms with Gasteiger partial charge in [0.1, 0.15) is 17.1 Å². The number of fused-ring (bicyclic) bond motifs is 3. The van der Waals surface area contributed by atoms with E-state index in [2.05, 4.69) is 17.6 Å². The number of benzene rings is 1. The Morgan fingerprint density at radius 1 is 1.09 bits per heavy atom. The molecule has 13 nitrogen and oxygen atoms in total. The molecule has 2 amide bonds. The van der Waals surface area contributed by atoms with Crippen LogP contribution in [0.4, 0.5) is 11.4 Å². The summed E-state index contributed by atoms with van der Waals surface area (Å²) >= 11 is 0. The lowest BCUT2D eigenvalue weighted by atomic mass is 9.58. The van der Waals surface area contributed by atoms with Gasteiger partial charge in [0.05, 0.1) is 23.8 Å². The summed E-state index contributed by atoms with van der Waals surface area (Å²) < 4.78 is 0. The van der Waals surface area contributed by atoms with Crippen molar-refractivity contribution in [2.75, 3.05) is 51.5 Å². The van der Waals surface area contributed by atoms with E-state index >= 15 is 0 Å². The summed E-state index contributed by atoms with van der Waals surface area (Å²) in [6, 6.07) is 0.509. The number of carbonyl (C=O) groups is 4.